The zero-order valence-corrected chi connectivity index (χ0v) is 10.1. The minimum Gasteiger partial charge on any atom is -0.319 e. The van der Waals surface area contributed by atoms with Crippen LogP contribution in [0.3, 0.4) is 0 Å². The van der Waals surface area contributed by atoms with Crippen LogP contribution in [0.1, 0.15) is 9.67 Å². The molecule has 1 aromatic carbocycles. The van der Waals surface area contributed by atoms with Crippen molar-refractivity contribution >= 4 is 34.0 Å². The zero-order chi connectivity index (χ0) is 12.4. The molecule has 0 radical (unpaired) electrons. The van der Waals surface area contributed by atoms with Gasteiger partial charge in [-0.25, -0.2) is 4.37 Å². The van der Waals surface area contributed by atoms with Crippen molar-refractivity contribution in [2.24, 2.45) is 0 Å². The molecule has 1 amide bonds. The number of anilines is 1. The van der Waals surface area contributed by atoms with E-state index < -0.39 is 0 Å². The number of pyridine rings is 1. The van der Waals surface area contributed by atoms with Gasteiger partial charge in [-0.2, -0.15) is 0 Å². The summed E-state index contributed by atoms with van der Waals surface area (Å²) in [6.07, 6.45) is 3.33. The summed E-state index contributed by atoms with van der Waals surface area (Å²) in [6, 6.07) is 11.2. The van der Waals surface area contributed by atoms with Gasteiger partial charge in [0, 0.05) is 17.8 Å². The van der Waals surface area contributed by atoms with Gasteiger partial charge in [0.25, 0.3) is 5.91 Å². The molecule has 3 rings (SSSR count). The lowest BCUT2D eigenvalue weighted by atomic mass is 10.2. The highest BCUT2D eigenvalue weighted by Crippen LogP contribution is 2.21. The van der Waals surface area contributed by atoms with E-state index in [4.69, 9.17) is 0 Å². The van der Waals surface area contributed by atoms with Crippen molar-refractivity contribution in [3.8, 4) is 0 Å². The summed E-state index contributed by atoms with van der Waals surface area (Å²) in [7, 11) is 0. The minimum atomic E-state index is -0.157. The molecule has 0 atom stereocenters. The van der Waals surface area contributed by atoms with Crippen LogP contribution in [0.2, 0.25) is 0 Å². The maximum absolute atomic E-state index is 12.0. The molecule has 0 aliphatic rings. The molecule has 0 saturated heterocycles. The van der Waals surface area contributed by atoms with Gasteiger partial charge in [-0.1, -0.05) is 18.2 Å². The van der Waals surface area contributed by atoms with Crippen molar-refractivity contribution in [3.05, 3.63) is 53.7 Å². The standard InChI is InChI=1S/C13H9N3OS/c17-13(11-6-8-15-18-11)16-10-5-1-3-9-4-2-7-14-12(9)10/h1-8H,(H,16,17). The fourth-order valence-corrected chi connectivity index (χ4v) is 2.21. The second-order valence-corrected chi connectivity index (χ2v) is 4.54. The Hall–Kier alpha value is -2.27. The Labute approximate surface area is 107 Å². The van der Waals surface area contributed by atoms with E-state index in [1.165, 1.54) is 11.5 Å². The third-order valence-electron chi connectivity index (χ3n) is 2.54. The first kappa shape index (κ1) is 10.9. The van der Waals surface area contributed by atoms with E-state index in [1.54, 1.807) is 18.5 Å². The van der Waals surface area contributed by atoms with Gasteiger partial charge in [-0.15, -0.1) is 0 Å². The second kappa shape index (κ2) is 4.54. The third-order valence-corrected chi connectivity index (χ3v) is 3.29. The van der Waals surface area contributed by atoms with Gasteiger partial charge >= 0.3 is 0 Å². The van der Waals surface area contributed by atoms with Crippen molar-refractivity contribution in [3.63, 3.8) is 0 Å². The average Bonchev–Trinajstić information content (AvgIpc) is 2.93. The SMILES string of the molecule is O=C(Nc1cccc2cccnc12)c1ccns1. The maximum Gasteiger partial charge on any atom is 0.267 e. The number of nitrogens with zero attached hydrogens (tertiary/aromatic N) is 2. The van der Waals surface area contributed by atoms with Crippen LogP contribution in [-0.2, 0) is 0 Å². The number of rotatable bonds is 2. The molecule has 4 nitrogen and oxygen atoms in total. The van der Waals surface area contributed by atoms with Gasteiger partial charge in [0.2, 0.25) is 0 Å². The Morgan fingerprint density at radius 2 is 2.00 bits per heavy atom. The average molecular weight is 255 g/mol. The molecule has 0 aliphatic heterocycles. The van der Waals surface area contributed by atoms with Gasteiger partial charge in [0.15, 0.2) is 0 Å². The summed E-state index contributed by atoms with van der Waals surface area (Å²) in [5.74, 6) is -0.157. The summed E-state index contributed by atoms with van der Waals surface area (Å²) in [5, 5.41) is 3.86. The highest BCUT2D eigenvalue weighted by atomic mass is 32.1. The Balaban J connectivity index is 1.98. The van der Waals surface area contributed by atoms with Crippen LogP contribution in [0.5, 0.6) is 0 Å². The summed E-state index contributed by atoms with van der Waals surface area (Å²) >= 11 is 1.17. The lowest BCUT2D eigenvalue weighted by Gasteiger charge is -2.06. The molecule has 88 valence electrons. The molecular weight excluding hydrogens is 246 g/mol. The lowest BCUT2D eigenvalue weighted by Crippen LogP contribution is -2.10. The Bertz CT molecular complexity index is 689. The predicted molar refractivity (Wildman–Crippen MR) is 71.8 cm³/mol. The van der Waals surface area contributed by atoms with Crippen LogP contribution >= 0.6 is 11.5 Å². The third kappa shape index (κ3) is 1.96. The number of para-hydroxylation sites is 1. The summed E-state index contributed by atoms with van der Waals surface area (Å²) < 4.78 is 3.91. The summed E-state index contributed by atoms with van der Waals surface area (Å²) in [6.45, 7) is 0. The van der Waals surface area contributed by atoms with Gasteiger partial charge in [-0.05, 0) is 29.7 Å². The van der Waals surface area contributed by atoms with Crippen LogP contribution in [0.15, 0.2) is 48.8 Å². The van der Waals surface area contributed by atoms with E-state index in [0.29, 0.717) is 10.6 Å². The lowest BCUT2D eigenvalue weighted by molar-refractivity contribution is 0.103. The van der Waals surface area contributed by atoms with Gasteiger partial charge in [-0.3, -0.25) is 9.78 Å². The monoisotopic (exact) mass is 255 g/mol. The van der Waals surface area contributed by atoms with Gasteiger partial charge < -0.3 is 5.32 Å². The van der Waals surface area contributed by atoms with Gasteiger partial charge in [0.05, 0.1) is 11.2 Å². The van der Waals surface area contributed by atoms with E-state index in [2.05, 4.69) is 14.7 Å². The number of amides is 1. The number of nitrogens with one attached hydrogen (secondary N) is 1. The van der Waals surface area contributed by atoms with Crippen LogP contribution in [0, 0.1) is 0 Å². The molecule has 5 heteroatoms. The molecule has 1 N–H and O–H groups in total. The van der Waals surface area contributed by atoms with E-state index in [-0.39, 0.29) is 5.91 Å². The van der Waals surface area contributed by atoms with Crippen LogP contribution < -0.4 is 5.32 Å². The van der Waals surface area contributed by atoms with Crippen molar-refractivity contribution in [2.75, 3.05) is 5.32 Å². The highest BCUT2D eigenvalue weighted by Gasteiger charge is 2.09. The maximum atomic E-state index is 12.0. The topological polar surface area (TPSA) is 54.9 Å². The predicted octanol–water partition coefficient (Wildman–Crippen LogP) is 2.94. The Morgan fingerprint density at radius 1 is 1.11 bits per heavy atom. The molecule has 0 spiro atoms. The number of fused-ring (bicyclic) bond motifs is 1. The normalized spacial score (nSPS) is 10.4. The molecule has 2 aromatic heterocycles. The summed E-state index contributed by atoms with van der Waals surface area (Å²) in [4.78, 5) is 16.8. The van der Waals surface area contributed by atoms with Crippen molar-refractivity contribution in [2.45, 2.75) is 0 Å². The minimum absolute atomic E-state index is 0.157. The number of benzene rings is 1. The number of carbonyl (C=O) groups is 1. The molecular formula is C13H9N3OS. The number of carbonyl (C=O) groups excluding carboxylic acids is 1. The zero-order valence-electron chi connectivity index (χ0n) is 9.33. The van der Waals surface area contributed by atoms with Crippen LogP contribution in [0.4, 0.5) is 5.69 Å². The molecule has 3 aromatic rings. The molecule has 0 bridgehead atoms. The first-order chi connectivity index (χ1) is 8.84. The van der Waals surface area contributed by atoms with E-state index >= 15 is 0 Å². The Morgan fingerprint density at radius 3 is 2.83 bits per heavy atom. The summed E-state index contributed by atoms with van der Waals surface area (Å²) in [5.41, 5.74) is 1.50. The first-order valence-corrected chi connectivity index (χ1v) is 6.18. The second-order valence-electron chi connectivity index (χ2n) is 3.71. The number of aromatic nitrogens is 2. The van der Waals surface area contributed by atoms with Crippen molar-refractivity contribution in [1.82, 2.24) is 9.36 Å². The largest absolute Gasteiger partial charge is 0.319 e. The van der Waals surface area contributed by atoms with E-state index in [1.807, 2.05) is 30.3 Å². The molecule has 0 unspecified atom stereocenters. The molecule has 0 aliphatic carbocycles. The molecule has 0 fully saturated rings. The van der Waals surface area contributed by atoms with Crippen LogP contribution in [0.25, 0.3) is 10.9 Å². The van der Waals surface area contributed by atoms with Gasteiger partial charge in [0.1, 0.15) is 4.88 Å². The molecule has 2 heterocycles. The first-order valence-electron chi connectivity index (χ1n) is 5.40. The number of hydrogen-bond donors (Lipinski definition) is 1. The molecule has 18 heavy (non-hydrogen) atoms. The Kier molecular flexibility index (Phi) is 2.74. The van der Waals surface area contributed by atoms with Crippen molar-refractivity contribution < 1.29 is 4.79 Å². The van der Waals surface area contributed by atoms with E-state index in [0.717, 1.165) is 10.9 Å². The van der Waals surface area contributed by atoms with Crippen LogP contribution in [-0.4, -0.2) is 15.3 Å². The highest BCUT2D eigenvalue weighted by molar-refractivity contribution is 7.08. The quantitative estimate of drug-likeness (QED) is 0.766. The van der Waals surface area contributed by atoms with E-state index in [9.17, 15) is 4.79 Å². The number of hydrogen-bond acceptors (Lipinski definition) is 4. The fourth-order valence-electron chi connectivity index (χ4n) is 1.72. The smallest absolute Gasteiger partial charge is 0.267 e. The fraction of sp³-hybridized carbons (Fsp3) is 0. The van der Waals surface area contributed by atoms with Crippen molar-refractivity contribution in [1.29, 1.82) is 0 Å². The molecule has 0 saturated carbocycles.